The lowest BCUT2D eigenvalue weighted by Gasteiger charge is -2.31. The first-order chi connectivity index (χ1) is 9.01. The molecule has 0 unspecified atom stereocenters. The molecule has 0 heterocycles. The third kappa shape index (κ3) is 4.36. The van der Waals surface area contributed by atoms with Crippen LogP contribution in [0.5, 0.6) is 5.75 Å². The highest BCUT2D eigenvalue weighted by atomic mass is 79.9. The summed E-state index contributed by atoms with van der Waals surface area (Å²) in [6.45, 7) is 4.49. The second-order valence-corrected chi connectivity index (χ2v) is 5.35. The molecule has 1 aromatic rings. The van der Waals surface area contributed by atoms with Crippen molar-refractivity contribution in [2.75, 3.05) is 13.7 Å². The summed E-state index contributed by atoms with van der Waals surface area (Å²) in [4.78, 5) is 12.3. The molecule has 0 aliphatic carbocycles. The molecule has 1 amide bonds. The lowest BCUT2D eigenvalue weighted by Crippen LogP contribution is -2.52. The fraction of sp³-hybridized carbons (Fsp3) is 0.500. The Morgan fingerprint density at radius 1 is 1.40 bits per heavy atom. The molecule has 0 radical (unpaired) electrons. The molecule has 0 bridgehead atoms. The van der Waals surface area contributed by atoms with Crippen LogP contribution in [0.4, 0.5) is 0 Å². The fourth-order valence-electron chi connectivity index (χ4n) is 1.89. The van der Waals surface area contributed by atoms with Gasteiger partial charge in [0.2, 0.25) is 0 Å². The summed E-state index contributed by atoms with van der Waals surface area (Å²) in [5, 5.41) is 3.03. The maximum atomic E-state index is 12.3. The molecule has 1 rings (SSSR count). The second-order valence-electron chi connectivity index (χ2n) is 4.50. The number of rotatable bonds is 6. The summed E-state index contributed by atoms with van der Waals surface area (Å²) in [5.74, 6) is 0.588. The average molecular weight is 366 g/mol. The molecule has 0 saturated heterocycles. The largest absolute Gasteiger partial charge is 0.496 e. The van der Waals surface area contributed by atoms with Crippen LogP contribution in [0.1, 0.15) is 37.0 Å². The van der Waals surface area contributed by atoms with Crippen molar-refractivity contribution in [3.63, 3.8) is 0 Å². The predicted octanol–water partition coefficient (Wildman–Crippen LogP) is 3.13. The van der Waals surface area contributed by atoms with Gasteiger partial charge in [-0.1, -0.05) is 13.8 Å². The number of carbonyl (C=O) groups excluding carboxylic acids is 1. The van der Waals surface area contributed by atoms with Crippen LogP contribution >= 0.6 is 28.3 Å². The normalized spacial score (nSPS) is 10.7. The molecule has 0 spiro atoms. The third-order valence-electron chi connectivity index (χ3n) is 3.54. The zero-order valence-electron chi connectivity index (χ0n) is 12.0. The molecule has 4 nitrogen and oxygen atoms in total. The molecular weight excluding hydrogens is 344 g/mol. The highest BCUT2D eigenvalue weighted by molar-refractivity contribution is 9.10. The number of nitrogens with two attached hydrogens (primary N) is 1. The van der Waals surface area contributed by atoms with Crippen LogP contribution in [0.2, 0.25) is 0 Å². The lowest BCUT2D eigenvalue weighted by atomic mass is 9.92. The van der Waals surface area contributed by atoms with Crippen LogP contribution in [0, 0.1) is 0 Å². The van der Waals surface area contributed by atoms with E-state index in [-0.39, 0.29) is 23.9 Å². The van der Waals surface area contributed by atoms with Crippen LogP contribution in [0.3, 0.4) is 0 Å². The van der Waals surface area contributed by atoms with E-state index in [1.807, 2.05) is 13.8 Å². The number of halogens is 2. The average Bonchev–Trinajstić information content (AvgIpc) is 2.44. The van der Waals surface area contributed by atoms with Crippen molar-refractivity contribution in [1.29, 1.82) is 0 Å². The number of ether oxygens (including phenoxy) is 1. The molecular formula is C14H22BrClN2O2. The lowest BCUT2D eigenvalue weighted by molar-refractivity contribution is 0.0895. The Labute approximate surface area is 135 Å². The fourth-order valence-corrected chi connectivity index (χ4v) is 2.43. The topological polar surface area (TPSA) is 64.3 Å². The van der Waals surface area contributed by atoms with Gasteiger partial charge in [-0.2, -0.15) is 0 Å². The van der Waals surface area contributed by atoms with Gasteiger partial charge in [0, 0.05) is 12.1 Å². The van der Waals surface area contributed by atoms with Crippen molar-refractivity contribution < 1.29 is 9.53 Å². The summed E-state index contributed by atoms with van der Waals surface area (Å²) in [5.41, 5.74) is 6.05. The van der Waals surface area contributed by atoms with Gasteiger partial charge in [0.1, 0.15) is 5.75 Å². The Kier molecular flexibility index (Phi) is 8.16. The highest BCUT2D eigenvalue weighted by Crippen LogP contribution is 2.26. The number of hydrogen-bond acceptors (Lipinski definition) is 3. The Morgan fingerprint density at radius 3 is 2.40 bits per heavy atom. The second kappa shape index (κ2) is 8.49. The van der Waals surface area contributed by atoms with Crippen molar-refractivity contribution >= 4 is 34.2 Å². The number of methoxy groups -OCH3 is 1. The van der Waals surface area contributed by atoms with Crippen LogP contribution < -0.4 is 15.8 Å². The van der Waals surface area contributed by atoms with E-state index in [0.29, 0.717) is 17.9 Å². The summed E-state index contributed by atoms with van der Waals surface area (Å²) in [6.07, 6.45) is 1.62. The van der Waals surface area contributed by atoms with Crippen molar-refractivity contribution in [1.82, 2.24) is 5.32 Å². The number of hydrogen-bond donors (Lipinski definition) is 2. The van der Waals surface area contributed by atoms with Gasteiger partial charge >= 0.3 is 0 Å². The molecule has 1 aromatic carbocycles. The van der Waals surface area contributed by atoms with Crippen molar-refractivity contribution in [2.45, 2.75) is 32.2 Å². The molecule has 0 aromatic heterocycles. The number of nitrogens with one attached hydrogen (secondary N) is 1. The highest BCUT2D eigenvalue weighted by Gasteiger charge is 2.26. The molecule has 0 atom stereocenters. The summed E-state index contributed by atoms with van der Waals surface area (Å²) in [7, 11) is 1.59. The molecule has 0 fully saturated rings. The molecule has 6 heteroatoms. The summed E-state index contributed by atoms with van der Waals surface area (Å²) < 4.78 is 5.90. The van der Waals surface area contributed by atoms with Gasteiger partial charge in [-0.25, -0.2) is 0 Å². The van der Waals surface area contributed by atoms with E-state index >= 15 is 0 Å². The van der Waals surface area contributed by atoms with Gasteiger partial charge in [-0.15, -0.1) is 12.4 Å². The quantitative estimate of drug-likeness (QED) is 0.814. The standard InChI is InChI=1S/C14H21BrN2O2.ClH/c1-4-14(5-2,9-16)17-13(18)10-6-7-12(19-3)11(15)8-10;/h6-8H,4-5,9,16H2,1-3H3,(H,17,18);1H. The van der Waals surface area contributed by atoms with E-state index in [4.69, 9.17) is 10.5 Å². The van der Waals surface area contributed by atoms with Gasteiger partial charge in [0.15, 0.2) is 0 Å². The Morgan fingerprint density at radius 2 is 2.00 bits per heavy atom. The van der Waals surface area contributed by atoms with E-state index in [9.17, 15) is 4.79 Å². The SMILES string of the molecule is CCC(CC)(CN)NC(=O)c1ccc(OC)c(Br)c1.Cl. The minimum absolute atomic E-state index is 0. The van der Waals surface area contributed by atoms with E-state index in [0.717, 1.165) is 17.3 Å². The Bertz CT molecular complexity index is 443. The zero-order chi connectivity index (χ0) is 14.5. The molecule has 20 heavy (non-hydrogen) atoms. The minimum atomic E-state index is -0.330. The first-order valence-corrected chi connectivity index (χ1v) is 7.17. The molecule has 0 aliphatic rings. The molecule has 3 N–H and O–H groups in total. The van der Waals surface area contributed by atoms with Gasteiger partial charge in [-0.3, -0.25) is 4.79 Å². The molecule has 114 valence electrons. The predicted molar refractivity (Wildman–Crippen MR) is 87.8 cm³/mol. The first-order valence-electron chi connectivity index (χ1n) is 6.38. The molecule has 0 saturated carbocycles. The van der Waals surface area contributed by atoms with Gasteiger partial charge in [-0.05, 0) is 47.0 Å². The maximum Gasteiger partial charge on any atom is 0.251 e. The van der Waals surface area contributed by atoms with Crippen molar-refractivity contribution in [3.05, 3.63) is 28.2 Å². The van der Waals surface area contributed by atoms with Crippen molar-refractivity contribution in [3.8, 4) is 5.75 Å². The maximum absolute atomic E-state index is 12.3. The van der Waals surface area contributed by atoms with Crippen molar-refractivity contribution in [2.24, 2.45) is 5.73 Å². The Hall–Kier alpha value is -0.780. The monoisotopic (exact) mass is 364 g/mol. The first kappa shape index (κ1) is 19.2. The van der Waals surface area contributed by atoms with E-state index in [2.05, 4.69) is 21.2 Å². The van der Waals surface area contributed by atoms with E-state index in [1.54, 1.807) is 25.3 Å². The number of benzene rings is 1. The third-order valence-corrected chi connectivity index (χ3v) is 4.16. The zero-order valence-corrected chi connectivity index (χ0v) is 14.4. The Balaban J connectivity index is 0.00000361. The van der Waals surface area contributed by atoms with Crippen LogP contribution in [0.15, 0.2) is 22.7 Å². The number of amides is 1. The minimum Gasteiger partial charge on any atom is -0.496 e. The van der Waals surface area contributed by atoms with Crippen LogP contribution in [0.25, 0.3) is 0 Å². The van der Waals surface area contributed by atoms with Gasteiger partial charge < -0.3 is 15.8 Å². The smallest absolute Gasteiger partial charge is 0.251 e. The van der Waals surface area contributed by atoms with Gasteiger partial charge in [0.25, 0.3) is 5.91 Å². The van der Waals surface area contributed by atoms with Crippen LogP contribution in [-0.2, 0) is 0 Å². The summed E-state index contributed by atoms with van der Waals surface area (Å²) >= 11 is 3.38. The number of carbonyl (C=O) groups is 1. The summed E-state index contributed by atoms with van der Waals surface area (Å²) in [6, 6.07) is 5.26. The van der Waals surface area contributed by atoms with E-state index < -0.39 is 0 Å². The van der Waals surface area contributed by atoms with Gasteiger partial charge in [0.05, 0.1) is 17.1 Å². The molecule has 0 aliphatic heterocycles. The van der Waals surface area contributed by atoms with E-state index in [1.165, 1.54) is 0 Å². The van der Waals surface area contributed by atoms with Crippen LogP contribution in [-0.4, -0.2) is 25.1 Å².